The van der Waals surface area contributed by atoms with E-state index in [1.54, 1.807) is 12.1 Å². The van der Waals surface area contributed by atoms with Crippen LogP contribution in [-0.2, 0) is 4.79 Å². The Hall–Kier alpha value is -1.81. The van der Waals surface area contributed by atoms with Gasteiger partial charge >= 0.3 is 5.97 Å². The summed E-state index contributed by atoms with van der Waals surface area (Å²) < 4.78 is 0. The third kappa shape index (κ3) is 1.49. The van der Waals surface area contributed by atoms with E-state index >= 15 is 0 Å². The predicted octanol–water partition coefficient (Wildman–Crippen LogP) is 0.941. The average Bonchev–Trinajstić information content (AvgIpc) is 2.28. The molecule has 0 amide bonds. The number of anilines is 1. The molecule has 1 heterocycles. The molecule has 2 rings (SSSR count). The van der Waals surface area contributed by atoms with Crippen LogP contribution in [0.4, 0.5) is 5.69 Å². The number of carboxylic acids is 1. The maximum atomic E-state index is 11.0. The van der Waals surface area contributed by atoms with Crippen molar-refractivity contribution >= 4 is 17.7 Å². The molecule has 3 N–H and O–H groups in total. The van der Waals surface area contributed by atoms with Crippen molar-refractivity contribution in [3.63, 3.8) is 0 Å². The number of nitrogens with one attached hydrogen (secondary N) is 1. The van der Waals surface area contributed by atoms with Gasteiger partial charge in [0.05, 0.1) is 6.61 Å². The number of hydrogen-bond donors (Lipinski definition) is 3. The summed E-state index contributed by atoms with van der Waals surface area (Å²) >= 11 is 0. The van der Waals surface area contributed by atoms with E-state index in [9.17, 15) is 4.79 Å². The molecule has 1 aliphatic rings. The van der Waals surface area contributed by atoms with Gasteiger partial charge in [0.15, 0.2) is 5.54 Å². The standard InChI is InChI=1S/C11H11NO3/c13-7-11(10(14)15)6-5-8-3-1-2-4-9(8)12-11/h1-6,12-13H,7H2,(H,14,15). The first-order chi connectivity index (χ1) is 7.18. The summed E-state index contributed by atoms with van der Waals surface area (Å²) in [6, 6.07) is 7.35. The van der Waals surface area contributed by atoms with Crippen molar-refractivity contribution in [3.05, 3.63) is 35.9 Å². The number of aliphatic hydroxyl groups excluding tert-OH is 1. The summed E-state index contributed by atoms with van der Waals surface area (Å²) in [6.07, 6.45) is 3.17. The first-order valence-corrected chi connectivity index (χ1v) is 4.59. The Kier molecular flexibility index (Phi) is 2.21. The number of carbonyl (C=O) groups is 1. The van der Waals surface area contributed by atoms with Gasteiger partial charge < -0.3 is 15.5 Å². The second-order valence-corrected chi connectivity index (χ2v) is 3.48. The summed E-state index contributed by atoms with van der Waals surface area (Å²) in [5, 5.41) is 21.0. The highest BCUT2D eigenvalue weighted by atomic mass is 16.4. The number of aliphatic carboxylic acids is 1. The zero-order valence-corrected chi connectivity index (χ0v) is 7.97. The lowest BCUT2D eigenvalue weighted by Crippen LogP contribution is -2.49. The molecule has 1 atom stereocenters. The predicted molar refractivity (Wildman–Crippen MR) is 56.6 cm³/mol. The molecule has 4 nitrogen and oxygen atoms in total. The second kappa shape index (κ2) is 3.40. The van der Waals surface area contributed by atoms with Crippen molar-refractivity contribution in [2.75, 3.05) is 11.9 Å². The first kappa shape index (κ1) is 9.73. The lowest BCUT2D eigenvalue weighted by Gasteiger charge is -2.30. The van der Waals surface area contributed by atoms with E-state index in [0.29, 0.717) is 0 Å². The summed E-state index contributed by atoms with van der Waals surface area (Å²) in [6.45, 7) is -0.479. The Bertz CT molecular complexity index is 428. The molecule has 15 heavy (non-hydrogen) atoms. The van der Waals surface area contributed by atoms with Gasteiger partial charge in [0, 0.05) is 5.69 Å². The van der Waals surface area contributed by atoms with Crippen molar-refractivity contribution in [2.45, 2.75) is 5.54 Å². The maximum Gasteiger partial charge on any atom is 0.335 e. The molecular formula is C11H11NO3. The molecule has 0 saturated heterocycles. The minimum absolute atomic E-state index is 0.479. The van der Waals surface area contributed by atoms with Crippen molar-refractivity contribution in [1.29, 1.82) is 0 Å². The third-order valence-electron chi connectivity index (χ3n) is 2.50. The molecule has 0 radical (unpaired) electrons. The molecule has 1 unspecified atom stereocenters. The van der Waals surface area contributed by atoms with E-state index in [0.717, 1.165) is 11.3 Å². The van der Waals surface area contributed by atoms with E-state index in [-0.39, 0.29) is 0 Å². The molecule has 4 heteroatoms. The van der Waals surface area contributed by atoms with Crippen LogP contribution in [-0.4, -0.2) is 28.3 Å². The van der Waals surface area contributed by atoms with Crippen LogP contribution < -0.4 is 5.32 Å². The molecule has 0 saturated carbocycles. The summed E-state index contributed by atoms with van der Waals surface area (Å²) in [5.41, 5.74) is 0.244. The maximum absolute atomic E-state index is 11.0. The second-order valence-electron chi connectivity index (χ2n) is 3.48. The minimum atomic E-state index is -1.39. The Morgan fingerprint density at radius 1 is 1.40 bits per heavy atom. The minimum Gasteiger partial charge on any atom is -0.479 e. The molecule has 0 aromatic heterocycles. The lowest BCUT2D eigenvalue weighted by atomic mass is 9.94. The van der Waals surface area contributed by atoms with Gasteiger partial charge in [-0.3, -0.25) is 0 Å². The van der Waals surface area contributed by atoms with E-state index < -0.39 is 18.1 Å². The van der Waals surface area contributed by atoms with Crippen LogP contribution in [0.15, 0.2) is 30.3 Å². The summed E-state index contributed by atoms with van der Waals surface area (Å²) in [7, 11) is 0. The third-order valence-corrected chi connectivity index (χ3v) is 2.50. The number of aliphatic hydroxyl groups is 1. The number of carboxylic acid groups (broad SMARTS) is 1. The van der Waals surface area contributed by atoms with Gasteiger partial charge in [-0.1, -0.05) is 24.3 Å². The molecule has 78 valence electrons. The molecule has 1 aromatic rings. The van der Waals surface area contributed by atoms with Gasteiger partial charge in [-0.05, 0) is 17.7 Å². The zero-order chi connectivity index (χ0) is 10.9. The fourth-order valence-electron chi connectivity index (χ4n) is 1.55. The van der Waals surface area contributed by atoms with Crippen LogP contribution in [0.1, 0.15) is 5.56 Å². The Morgan fingerprint density at radius 3 is 2.80 bits per heavy atom. The lowest BCUT2D eigenvalue weighted by molar-refractivity contribution is -0.141. The highest BCUT2D eigenvalue weighted by Gasteiger charge is 2.37. The van der Waals surface area contributed by atoms with Crippen LogP contribution in [0.2, 0.25) is 0 Å². The Labute approximate surface area is 86.9 Å². The van der Waals surface area contributed by atoms with Crippen LogP contribution in [0, 0.1) is 0 Å². The van der Waals surface area contributed by atoms with Crippen molar-refractivity contribution in [1.82, 2.24) is 0 Å². The van der Waals surface area contributed by atoms with Crippen molar-refractivity contribution in [3.8, 4) is 0 Å². The zero-order valence-electron chi connectivity index (χ0n) is 7.97. The van der Waals surface area contributed by atoms with E-state index in [4.69, 9.17) is 10.2 Å². The topological polar surface area (TPSA) is 69.6 Å². The highest BCUT2D eigenvalue weighted by molar-refractivity contribution is 5.90. The smallest absolute Gasteiger partial charge is 0.335 e. The molecule has 1 aliphatic heterocycles. The number of benzene rings is 1. The van der Waals surface area contributed by atoms with Crippen molar-refractivity contribution in [2.24, 2.45) is 0 Å². The van der Waals surface area contributed by atoms with E-state index in [1.165, 1.54) is 6.08 Å². The SMILES string of the molecule is O=C(O)C1(CO)C=Cc2ccccc2N1. The van der Waals surface area contributed by atoms with E-state index in [1.807, 2.05) is 18.2 Å². The average molecular weight is 205 g/mol. The number of para-hydroxylation sites is 1. The number of hydrogen-bond acceptors (Lipinski definition) is 3. The normalized spacial score (nSPS) is 23.0. The Balaban J connectivity index is 2.44. The van der Waals surface area contributed by atoms with Gasteiger partial charge in [-0.15, -0.1) is 0 Å². The summed E-state index contributed by atoms with van der Waals surface area (Å²) in [4.78, 5) is 11.0. The summed E-state index contributed by atoms with van der Waals surface area (Å²) in [5.74, 6) is -1.09. The molecule has 0 bridgehead atoms. The van der Waals surface area contributed by atoms with Crippen LogP contribution >= 0.6 is 0 Å². The van der Waals surface area contributed by atoms with Gasteiger partial charge in [-0.25, -0.2) is 4.79 Å². The molecule has 0 fully saturated rings. The quantitative estimate of drug-likeness (QED) is 0.672. The molecule has 0 spiro atoms. The largest absolute Gasteiger partial charge is 0.479 e. The molecule has 0 aliphatic carbocycles. The fraction of sp³-hybridized carbons (Fsp3) is 0.182. The van der Waals surface area contributed by atoms with Gasteiger partial charge in [0.1, 0.15) is 0 Å². The van der Waals surface area contributed by atoms with Crippen LogP contribution in [0.3, 0.4) is 0 Å². The van der Waals surface area contributed by atoms with Crippen LogP contribution in [0.5, 0.6) is 0 Å². The molecule has 1 aromatic carbocycles. The first-order valence-electron chi connectivity index (χ1n) is 4.59. The van der Waals surface area contributed by atoms with Crippen molar-refractivity contribution < 1.29 is 15.0 Å². The van der Waals surface area contributed by atoms with Crippen LogP contribution in [0.25, 0.3) is 6.08 Å². The number of rotatable bonds is 2. The monoisotopic (exact) mass is 205 g/mol. The van der Waals surface area contributed by atoms with Gasteiger partial charge in [0.2, 0.25) is 0 Å². The molecular weight excluding hydrogens is 194 g/mol. The highest BCUT2D eigenvalue weighted by Crippen LogP contribution is 2.27. The Morgan fingerprint density at radius 2 is 2.13 bits per heavy atom. The van der Waals surface area contributed by atoms with Gasteiger partial charge in [-0.2, -0.15) is 0 Å². The fourth-order valence-corrected chi connectivity index (χ4v) is 1.55. The number of fused-ring (bicyclic) bond motifs is 1. The van der Waals surface area contributed by atoms with E-state index in [2.05, 4.69) is 5.32 Å². The van der Waals surface area contributed by atoms with Gasteiger partial charge in [0.25, 0.3) is 0 Å².